The molecule has 6 N–H and O–H groups in total. The van der Waals surface area contributed by atoms with Crippen molar-refractivity contribution in [3.05, 3.63) is 0 Å². The van der Waals surface area contributed by atoms with Crippen molar-refractivity contribution in [2.75, 3.05) is 6.61 Å². The molecule has 0 saturated heterocycles. The van der Waals surface area contributed by atoms with E-state index in [-0.39, 0.29) is 12.8 Å². The van der Waals surface area contributed by atoms with Crippen molar-refractivity contribution < 1.29 is 42.3 Å². The zero-order chi connectivity index (χ0) is 18.0. The van der Waals surface area contributed by atoms with Gasteiger partial charge in [-0.1, -0.05) is 0 Å². The van der Waals surface area contributed by atoms with Gasteiger partial charge in [0.25, 0.3) is 0 Å². The number of hydrogen-bond acceptors (Lipinski definition) is 7. The molecule has 0 radical (unpaired) electrons. The van der Waals surface area contributed by atoms with E-state index in [1.165, 1.54) is 0 Å². The van der Waals surface area contributed by atoms with Crippen molar-refractivity contribution >= 4 is 35.0 Å². The Morgan fingerprint density at radius 2 is 1.74 bits per heavy atom. The first-order valence-electron chi connectivity index (χ1n) is 6.39. The summed E-state index contributed by atoms with van der Waals surface area (Å²) in [7, 11) is 0. The summed E-state index contributed by atoms with van der Waals surface area (Å²) in [5.41, 5.74) is 5.23. The second-order valence-corrected chi connectivity index (χ2v) is 5.14. The van der Waals surface area contributed by atoms with Crippen molar-refractivity contribution in [1.29, 1.82) is 0 Å². The number of carboxylic acids is 2. The smallest absolute Gasteiger partial charge is 0.320 e. The van der Waals surface area contributed by atoms with Crippen LogP contribution in [0.25, 0.3) is 0 Å². The molecule has 23 heavy (non-hydrogen) atoms. The minimum Gasteiger partial charge on any atom is -0.481 e. The molecule has 0 saturated carbocycles. The maximum absolute atomic E-state index is 11.8. The number of carbonyl (C=O) groups is 4. The van der Waals surface area contributed by atoms with E-state index in [4.69, 9.17) is 20.5 Å². The standard InChI is InChI=1S/C11H18N2O9S/c12-6(11(18)19)1-3-9(15)13-7(5-22-23(20)21)8(14)2-4-10(16)17/h6-7H,1-5,12H2,(H,13,15)(H,16,17)(H,18,19)(H,20,21). The van der Waals surface area contributed by atoms with Gasteiger partial charge in [-0.3, -0.25) is 27.9 Å². The first-order valence-corrected chi connectivity index (χ1v) is 7.43. The fourth-order valence-electron chi connectivity index (χ4n) is 1.42. The summed E-state index contributed by atoms with van der Waals surface area (Å²) in [6.07, 6.45) is -1.35. The van der Waals surface area contributed by atoms with Crippen molar-refractivity contribution in [2.24, 2.45) is 5.73 Å². The average Bonchev–Trinajstić information content (AvgIpc) is 2.45. The van der Waals surface area contributed by atoms with E-state index < -0.39 is 66.5 Å². The van der Waals surface area contributed by atoms with Crippen LogP contribution < -0.4 is 11.1 Å². The van der Waals surface area contributed by atoms with Crippen LogP contribution in [0.5, 0.6) is 0 Å². The first kappa shape index (κ1) is 21.1. The Balaban J connectivity index is 4.57. The van der Waals surface area contributed by atoms with Gasteiger partial charge in [0.2, 0.25) is 5.91 Å². The Morgan fingerprint density at radius 1 is 1.13 bits per heavy atom. The van der Waals surface area contributed by atoms with E-state index in [0.717, 1.165) is 0 Å². The van der Waals surface area contributed by atoms with Crippen LogP contribution in [0.4, 0.5) is 0 Å². The second-order valence-electron chi connectivity index (χ2n) is 4.47. The summed E-state index contributed by atoms with van der Waals surface area (Å²) in [5, 5.41) is 19.3. The maximum atomic E-state index is 11.8. The third kappa shape index (κ3) is 10.5. The summed E-state index contributed by atoms with van der Waals surface area (Å²) in [5.74, 6) is -3.93. The van der Waals surface area contributed by atoms with Crippen molar-refractivity contribution in [2.45, 2.75) is 37.8 Å². The van der Waals surface area contributed by atoms with Crippen LogP contribution in [0.15, 0.2) is 0 Å². The Kier molecular flexibility index (Phi) is 9.89. The summed E-state index contributed by atoms with van der Waals surface area (Å²) in [6, 6.07) is -2.57. The quantitative estimate of drug-likeness (QED) is 0.251. The summed E-state index contributed by atoms with van der Waals surface area (Å²) >= 11 is -2.67. The van der Waals surface area contributed by atoms with Crippen LogP contribution in [-0.2, 0) is 34.7 Å². The largest absolute Gasteiger partial charge is 0.481 e. The molecule has 0 spiro atoms. The number of nitrogens with two attached hydrogens (primary N) is 1. The predicted octanol–water partition coefficient (Wildman–Crippen LogP) is -1.75. The van der Waals surface area contributed by atoms with Crippen LogP contribution in [0.3, 0.4) is 0 Å². The van der Waals surface area contributed by atoms with E-state index in [0.29, 0.717) is 0 Å². The lowest BCUT2D eigenvalue weighted by Gasteiger charge is -2.16. The highest BCUT2D eigenvalue weighted by molar-refractivity contribution is 7.74. The van der Waals surface area contributed by atoms with Gasteiger partial charge in [-0.2, -0.15) is 4.21 Å². The normalized spacial score (nSPS) is 14.5. The third-order valence-corrected chi connectivity index (χ3v) is 2.98. The van der Waals surface area contributed by atoms with Gasteiger partial charge in [-0.15, -0.1) is 0 Å². The molecule has 0 heterocycles. The molecular formula is C11H18N2O9S. The van der Waals surface area contributed by atoms with Crippen molar-refractivity contribution in [1.82, 2.24) is 5.32 Å². The van der Waals surface area contributed by atoms with E-state index in [1.807, 2.05) is 0 Å². The molecule has 0 aliphatic carbocycles. The van der Waals surface area contributed by atoms with E-state index in [2.05, 4.69) is 9.50 Å². The maximum Gasteiger partial charge on any atom is 0.320 e. The molecule has 0 aliphatic heterocycles. The van der Waals surface area contributed by atoms with Crippen LogP contribution in [0.2, 0.25) is 0 Å². The Labute approximate surface area is 133 Å². The fraction of sp³-hybridized carbons (Fsp3) is 0.636. The molecule has 1 amide bonds. The lowest BCUT2D eigenvalue weighted by atomic mass is 10.1. The molecule has 11 nitrogen and oxygen atoms in total. The summed E-state index contributed by atoms with van der Waals surface area (Å²) in [4.78, 5) is 44.4. The van der Waals surface area contributed by atoms with Gasteiger partial charge in [0.1, 0.15) is 12.1 Å². The summed E-state index contributed by atoms with van der Waals surface area (Å²) in [6.45, 7) is -0.627. The van der Waals surface area contributed by atoms with E-state index >= 15 is 0 Å². The molecule has 0 aromatic rings. The first-order chi connectivity index (χ1) is 10.6. The van der Waals surface area contributed by atoms with Crippen LogP contribution in [0, 0.1) is 0 Å². The molecule has 0 rings (SSSR count). The van der Waals surface area contributed by atoms with Gasteiger partial charge in [0, 0.05) is 12.8 Å². The van der Waals surface area contributed by atoms with Gasteiger partial charge in [0.05, 0.1) is 13.0 Å². The van der Waals surface area contributed by atoms with E-state index in [9.17, 15) is 23.4 Å². The highest BCUT2D eigenvalue weighted by Gasteiger charge is 2.23. The lowest BCUT2D eigenvalue weighted by Crippen LogP contribution is -2.45. The SMILES string of the molecule is NC(CCC(=O)NC(COS(=O)O)C(=O)CCC(=O)O)C(=O)O. The number of rotatable bonds is 12. The number of Topliss-reactive ketones (excluding diaryl/α,β-unsaturated/α-hetero) is 1. The predicted molar refractivity (Wildman–Crippen MR) is 75.4 cm³/mol. The zero-order valence-corrected chi connectivity index (χ0v) is 12.8. The minimum atomic E-state index is -2.67. The monoisotopic (exact) mass is 354 g/mol. The van der Waals surface area contributed by atoms with Crippen molar-refractivity contribution in [3.63, 3.8) is 0 Å². The molecule has 0 fully saturated rings. The van der Waals surface area contributed by atoms with Gasteiger partial charge in [-0.05, 0) is 6.42 Å². The molecule has 3 unspecified atom stereocenters. The molecule has 12 heteroatoms. The average molecular weight is 354 g/mol. The molecule has 0 aromatic heterocycles. The van der Waals surface area contributed by atoms with Crippen LogP contribution in [-0.4, -0.2) is 61.3 Å². The molecule has 0 aliphatic rings. The highest BCUT2D eigenvalue weighted by Crippen LogP contribution is 2.01. The van der Waals surface area contributed by atoms with Gasteiger partial charge < -0.3 is 21.3 Å². The number of amides is 1. The minimum absolute atomic E-state index is 0.177. The molecule has 0 bridgehead atoms. The molecule has 0 aromatic carbocycles. The number of aliphatic carboxylic acids is 2. The van der Waals surface area contributed by atoms with Gasteiger partial charge in [-0.25, -0.2) is 0 Å². The van der Waals surface area contributed by atoms with Crippen LogP contribution >= 0.6 is 0 Å². The Hall–Kier alpha value is -1.89. The van der Waals surface area contributed by atoms with Crippen LogP contribution in [0.1, 0.15) is 25.7 Å². The third-order valence-electron chi connectivity index (χ3n) is 2.64. The van der Waals surface area contributed by atoms with Gasteiger partial charge in [0.15, 0.2) is 5.78 Å². The molecule has 132 valence electrons. The molecular weight excluding hydrogens is 336 g/mol. The number of ketones is 1. The Bertz CT molecular complexity index is 482. The lowest BCUT2D eigenvalue weighted by molar-refractivity contribution is -0.139. The number of nitrogens with one attached hydrogen (secondary N) is 1. The number of carboxylic acid groups (broad SMARTS) is 2. The van der Waals surface area contributed by atoms with Crippen molar-refractivity contribution in [3.8, 4) is 0 Å². The Morgan fingerprint density at radius 3 is 2.22 bits per heavy atom. The number of hydrogen-bond donors (Lipinski definition) is 5. The fourth-order valence-corrected chi connectivity index (χ4v) is 1.67. The van der Waals surface area contributed by atoms with E-state index in [1.54, 1.807) is 0 Å². The highest BCUT2D eigenvalue weighted by atomic mass is 32.2. The molecule has 3 atom stereocenters. The number of carbonyl (C=O) groups excluding carboxylic acids is 2. The second kappa shape index (κ2) is 10.8. The van der Waals surface area contributed by atoms with Gasteiger partial charge >= 0.3 is 23.3 Å². The zero-order valence-electron chi connectivity index (χ0n) is 12.0. The topological polar surface area (TPSA) is 193 Å². The summed E-state index contributed by atoms with van der Waals surface area (Å²) < 4.78 is 23.3.